The molecule has 1 N–H and O–H groups in total. The fourth-order valence-corrected chi connectivity index (χ4v) is 1.67. The highest BCUT2D eigenvalue weighted by molar-refractivity contribution is 6.32. The molecule has 4 nitrogen and oxygen atoms in total. The van der Waals surface area contributed by atoms with Gasteiger partial charge in [0.15, 0.2) is 0 Å². The van der Waals surface area contributed by atoms with Crippen molar-refractivity contribution in [2.24, 2.45) is 0 Å². The summed E-state index contributed by atoms with van der Waals surface area (Å²) in [5.74, 6) is -0.369. The molecule has 2 rings (SSSR count). The van der Waals surface area contributed by atoms with Crippen LogP contribution in [-0.4, -0.2) is 21.5 Å². The van der Waals surface area contributed by atoms with Gasteiger partial charge in [-0.15, -0.1) is 5.10 Å². The average molecular weight is 255 g/mol. The fourth-order valence-electron chi connectivity index (χ4n) is 1.42. The Labute approximate surface area is 103 Å². The molecule has 0 fully saturated rings. The topological polar surface area (TPSA) is 42.7 Å². The first-order chi connectivity index (χ1) is 8.20. The normalized spacial score (nSPS) is 10.8. The number of halogens is 2. The van der Waals surface area contributed by atoms with E-state index in [2.05, 4.69) is 15.6 Å². The van der Waals surface area contributed by atoms with Crippen LogP contribution < -0.4 is 5.32 Å². The third-order valence-electron chi connectivity index (χ3n) is 2.25. The van der Waals surface area contributed by atoms with E-state index >= 15 is 0 Å². The highest BCUT2D eigenvalue weighted by atomic mass is 35.5. The molecule has 1 aromatic carbocycles. The maximum absolute atomic E-state index is 12.9. The smallest absolute Gasteiger partial charge is 0.124 e. The zero-order chi connectivity index (χ0) is 12.3. The highest BCUT2D eigenvalue weighted by Crippen LogP contribution is 2.20. The van der Waals surface area contributed by atoms with Gasteiger partial charge in [-0.25, -0.2) is 9.07 Å². The molecular weight excluding hydrogens is 243 g/mol. The zero-order valence-corrected chi connectivity index (χ0v) is 10.1. The van der Waals surface area contributed by atoms with Gasteiger partial charge in [0.05, 0.1) is 22.6 Å². The third-order valence-corrected chi connectivity index (χ3v) is 2.56. The van der Waals surface area contributed by atoms with Crippen LogP contribution in [0.1, 0.15) is 12.6 Å². The van der Waals surface area contributed by atoms with Crippen molar-refractivity contribution in [2.45, 2.75) is 13.5 Å². The molecular formula is C11H12ClFN4. The van der Waals surface area contributed by atoms with Crippen molar-refractivity contribution in [2.75, 3.05) is 6.54 Å². The van der Waals surface area contributed by atoms with E-state index in [4.69, 9.17) is 11.6 Å². The molecule has 0 unspecified atom stereocenters. The predicted molar refractivity (Wildman–Crippen MR) is 63.7 cm³/mol. The molecule has 90 valence electrons. The van der Waals surface area contributed by atoms with Gasteiger partial charge in [-0.3, -0.25) is 0 Å². The molecule has 0 saturated heterocycles. The summed E-state index contributed by atoms with van der Waals surface area (Å²) in [6.07, 6.45) is 1.77. The van der Waals surface area contributed by atoms with Gasteiger partial charge >= 0.3 is 0 Å². The van der Waals surface area contributed by atoms with Crippen LogP contribution in [0.4, 0.5) is 4.39 Å². The van der Waals surface area contributed by atoms with Crippen molar-refractivity contribution in [3.05, 3.63) is 40.9 Å². The summed E-state index contributed by atoms with van der Waals surface area (Å²) < 4.78 is 14.4. The second-order valence-electron chi connectivity index (χ2n) is 3.53. The molecule has 0 radical (unpaired) electrons. The van der Waals surface area contributed by atoms with Gasteiger partial charge in [0.2, 0.25) is 0 Å². The molecule has 0 atom stereocenters. The van der Waals surface area contributed by atoms with Crippen molar-refractivity contribution in [1.82, 2.24) is 20.3 Å². The van der Waals surface area contributed by atoms with Gasteiger partial charge in [0.25, 0.3) is 0 Å². The minimum atomic E-state index is -0.369. The van der Waals surface area contributed by atoms with Gasteiger partial charge in [-0.1, -0.05) is 23.7 Å². The molecule has 0 aliphatic heterocycles. The van der Waals surface area contributed by atoms with E-state index in [1.807, 2.05) is 6.92 Å². The van der Waals surface area contributed by atoms with Crippen LogP contribution >= 0.6 is 11.6 Å². The van der Waals surface area contributed by atoms with Crippen molar-refractivity contribution < 1.29 is 4.39 Å². The maximum Gasteiger partial charge on any atom is 0.124 e. The van der Waals surface area contributed by atoms with Crippen LogP contribution in [0.5, 0.6) is 0 Å². The molecule has 2 aromatic rings. The molecule has 1 aromatic heterocycles. The highest BCUT2D eigenvalue weighted by Gasteiger charge is 2.07. The number of hydrogen-bond donors (Lipinski definition) is 1. The van der Waals surface area contributed by atoms with Crippen LogP contribution in [-0.2, 0) is 6.54 Å². The third kappa shape index (κ3) is 2.81. The molecule has 17 heavy (non-hydrogen) atoms. The molecule has 6 heteroatoms. The van der Waals surface area contributed by atoms with Crippen LogP contribution in [0.2, 0.25) is 5.02 Å². The Morgan fingerprint density at radius 3 is 3.00 bits per heavy atom. The molecule has 0 aliphatic carbocycles. The van der Waals surface area contributed by atoms with Gasteiger partial charge < -0.3 is 5.32 Å². The Morgan fingerprint density at radius 1 is 1.47 bits per heavy atom. The number of aromatic nitrogens is 3. The molecule has 0 bridgehead atoms. The second kappa shape index (κ2) is 5.25. The predicted octanol–water partition coefficient (Wildman–Crippen LogP) is 2.17. The second-order valence-corrected chi connectivity index (χ2v) is 3.94. The van der Waals surface area contributed by atoms with E-state index in [-0.39, 0.29) is 5.82 Å². The van der Waals surface area contributed by atoms with Crippen molar-refractivity contribution >= 4 is 11.6 Å². The lowest BCUT2D eigenvalue weighted by molar-refractivity contribution is 0.627. The molecule has 0 spiro atoms. The minimum absolute atomic E-state index is 0.310. The van der Waals surface area contributed by atoms with Gasteiger partial charge in [-0.05, 0) is 24.7 Å². The van der Waals surface area contributed by atoms with Crippen LogP contribution in [0, 0.1) is 5.82 Å². The van der Waals surface area contributed by atoms with Crippen molar-refractivity contribution in [1.29, 1.82) is 0 Å². The van der Waals surface area contributed by atoms with Crippen LogP contribution in [0.15, 0.2) is 24.4 Å². The first kappa shape index (κ1) is 12.0. The lowest BCUT2D eigenvalue weighted by Crippen LogP contribution is -2.11. The largest absolute Gasteiger partial charge is 0.311 e. The number of rotatable bonds is 4. The van der Waals surface area contributed by atoms with Crippen LogP contribution in [0.25, 0.3) is 5.69 Å². The van der Waals surface area contributed by atoms with E-state index < -0.39 is 0 Å². The number of nitrogens with one attached hydrogen (secondary N) is 1. The van der Waals surface area contributed by atoms with Gasteiger partial charge in [0, 0.05) is 6.54 Å². The van der Waals surface area contributed by atoms with Gasteiger partial charge in [-0.2, -0.15) is 0 Å². The Kier molecular flexibility index (Phi) is 3.71. The standard InChI is InChI=1S/C11H12ClFN4/c1-2-14-6-9-7-17(16-15-9)11-4-3-8(13)5-10(11)12/h3-5,7,14H,2,6H2,1H3. The summed E-state index contributed by atoms with van der Waals surface area (Å²) >= 11 is 5.93. The summed E-state index contributed by atoms with van der Waals surface area (Å²) in [7, 11) is 0. The lowest BCUT2D eigenvalue weighted by Gasteiger charge is -2.02. The van der Waals surface area contributed by atoms with Crippen molar-refractivity contribution in [3.63, 3.8) is 0 Å². The average Bonchev–Trinajstić information content (AvgIpc) is 2.75. The molecule has 0 amide bonds. The number of nitrogens with zero attached hydrogens (tertiary/aromatic N) is 3. The van der Waals surface area contributed by atoms with E-state index in [0.29, 0.717) is 17.3 Å². The summed E-state index contributed by atoms with van der Waals surface area (Å²) in [4.78, 5) is 0. The Hall–Kier alpha value is -1.46. The van der Waals surface area contributed by atoms with Crippen LogP contribution in [0.3, 0.4) is 0 Å². The minimum Gasteiger partial charge on any atom is -0.311 e. The van der Waals surface area contributed by atoms with E-state index in [1.165, 1.54) is 16.8 Å². The lowest BCUT2D eigenvalue weighted by atomic mass is 10.3. The molecule has 0 aliphatic rings. The summed E-state index contributed by atoms with van der Waals surface area (Å²) in [5.41, 5.74) is 1.43. The van der Waals surface area contributed by atoms with E-state index in [1.54, 1.807) is 12.3 Å². The Morgan fingerprint density at radius 2 is 2.29 bits per heavy atom. The van der Waals surface area contributed by atoms with Gasteiger partial charge in [0.1, 0.15) is 5.82 Å². The monoisotopic (exact) mass is 254 g/mol. The maximum atomic E-state index is 12.9. The van der Waals surface area contributed by atoms with E-state index in [9.17, 15) is 4.39 Å². The van der Waals surface area contributed by atoms with E-state index in [0.717, 1.165) is 12.2 Å². The summed E-state index contributed by atoms with van der Waals surface area (Å²) in [5, 5.41) is 11.4. The number of hydrogen-bond acceptors (Lipinski definition) is 3. The van der Waals surface area contributed by atoms with Crippen molar-refractivity contribution in [3.8, 4) is 5.69 Å². The number of benzene rings is 1. The molecule has 0 saturated carbocycles. The Balaban J connectivity index is 2.24. The first-order valence-corrected chi connectivity index (χ1v) is 5.66. The zero-order valence-electron chi connectivity index (χ0n) is 9.32. The Bertz CT molecular complexity index is 512. The first-order valence-electron chi connectivity index (χ1n) is 5.28. The quantitative estimate of drug-likeness (QED) is 0.909. The molecule has 1 heterocycles. The SMILES string of the molecule is CCNCc1cn(-c2ccc(F)cc2Cl)nn1. The summed E-state index contributed by atoms with van der Waals surface area (Å²) in [6, 6.07) is 4.17. The summed E-state index contributed by atoms with van der Waals surface area (Å²) in [6.45, 7) is 3.53. The fraction of sp³-hybridized carbons (Fsp3) is 0.273.